The Kier molecular flexibility index (Phi) is 5.44. The zero-order valence-electron chi connectivity index (χ0n) is 12.9. The van der Waals surface area contributed by atoms with Crippen LogP contribution in [0.2, 0.25) is 0 Å². The molecule has 0 aromatic heterocycles. The van der Waals surface area contributed by atoms with Crippen molar-refractivity contribution in [1.29, 1.82) is 0 Å². The summed E-state index contributed by atoms with van der Waals surface area (Å²) in [6.45, 7) is 4.09. The first kappa shape index (κ1) is 15.6. The maximum absolute atomic E-state index is 11.1. The predicted molar refractivity (Wildman–Crippen MR) is 79.6 cm³/mol. The van der Waals surface area contributed by atoms with Gasteiger partial charge in [0.15, 0.2) is 11.5 Å². The Labute approximate surface area is 125 Å². The van der Waals surface area contributed by atoms with E-state index in [1.807, 2.05) is 18.2 Å². The van der Waals surface area contributed by atoms with Crippen LogP contribution in [0, 0.1) is 0 Å². The van der Waals surface area contributed by atoms with E-state index < -0.39 is 0 Å². The van der Waals surface area contributed by atoms with Gasteiger partial charge >= 0.3 is 5.97 Å². The summed E-state index contributed by atoms with van der Waals surface area (Å²) in [6, 6.07) is 5.95. The van der Waals surface area contributed by atoms with E-state index in [4.69, 9.17) is 14.2 Å². The molecule has 0 radical (unpaired) electrons. The smallest absolute Gasteiger partial charge is 0.302 e. The van der Waals surface area contributed by atoms with Crippen molar-refractivity contribution in [2.45, 2.75) is 32.4 Å². The summed E-state index contributed by atoms with van der Waals surface area (Å²) in [5, 5.41) is 0. The maximum Gasteiger partial charge on any atom is 0.302 e. The Balaban J connectivity index is 1.99. The molecule has 21 heavy (non-hydrogen) atoms. The van der Waals surface area contributed by atoms with E-state index in [1.165, 1.54) is 6.92 Å². The number of rotatable bonds is 5. The number of hydrogen-bond acceptors (Lipinski definition) is 5. The third-order valence-corrected chi connectivity index (χ3v) is 3.65. The van der Waals surface area contributed by atoms with Gasteiger partial charge in [-0.2, -0.15) is 0 Å². The molecule has 1 unspecified atom stereocenters. The Morgan fingerprint density at radius 2 is 2.05 bits per heavy atom. The summed E-state index contributed by atoms with van der Waals surface area (Å²) in [4.78, 5) is 13.4. The largest absolute Gasteiger partial charge is 0.493 e. The predicted octanol–water partition coefficient (Wildman–Crippen LogP) is 2.23. The summed E-state index contributed by atoms with van der Waals surface area (Å²) in [5.41, 5.74) is 1.16. The zero-order valence-corrected chi connectivity index (χ0v) is 12.9. The molecule has 0 spiro atoms. The second kappa shape index (κ2) is 7.31. The molecule has 0 saturated carbocycles. The number of methoxy groups -OCH3 is 2. The van der Waals surface area contributed by atoms with Gasteiger partial charge in [-0.15, -0.1) is 0 Å². The van der Waals surface area contributed by atoms with Crippen molar-refractivity contribution >= 4 is 5.97 Å². The minimum absolute atomic E-state index is 0.0105. The molecule has 1 fully saturated rings. The van der Waals surface area contributed by atoms with Crippen LogP contribution in [0.4, 0.5) is 0 Å². The monoisotopic (exact) mass is 293 g/mol. The third-order valence-electron chi connectivity index (χ3n) is 3.65. The van der Waals surface area contributed by atoms with Crippen molar-refractivity contribution in [2.24, 2.45) is 0 Å². The van der Waals surface area contributed by atoms with Crippen molar-refractivity contribution in [3.05, 3.63) is 23.8 Å². The summed E-state index contributed by atoms with van der Waals surface area (Å²) >= 11 is 0. The molecule has 1 heterocycles. The number of benzene rings is 1. The topological polar surface area (TPSA) is 48.0 Å². The molecule has 0 amide bonds. The van der Waals surface area contributed by atoms with E-state index >= 15 is 0 Å². The highest BCUT2D eigenvalue weighted by Gasteiger charge is 2.22. The quantitative estimate of drug-likeness (QED) is 0.779. The normalized spacial score (nSPS) is 19.1. The summed E-state index contributed by atoms with van der Waals surface area (Å²) in [6.07, 6.45) is 2.00. The molecule has 0 aliphatic carbocycles. The molecule has 0 bridgehead atoms. The van der Waals surface area contributed by atoms with E-state index in [9.17, 15) is 4.79 Å². The molecule has 116 valence electrons. The summed E-state index contributed by atoms with van der Waals surface area (Å²) in [7, 11) is 3.27. The first-order valence-electron chi connectivity index (χ1n) is 7.23. The van der Waals surface area contributed by atoms with Crippen LogP contribution in [0.1, 0.15) is 25.3 Å². The fourth-order valence-electron chi connectivity index (χ4n) is 2.72. The maximum atomic E-state index is 11.1. The fourth-order valence-corrected chi connectivity index (χ4v) is 2.72. The highest BCUT2D eigenvalue weighted by molar-refractivity contribution is 5.66. The number of ether oxygens (including phenoxy) is 3. The molecule has 2 rings (SSSR count). The van der Waals surface area contributed by atoms with Crippen molar-refractivity contribution in [3.63, 3.8) is 0 Å². The third kappa shape index (κ3) is 4.36. The van der Waals surface area contributed by atoms with Gasteiger partial charge in [-0.1, -0.05) is 6.07 Å². The molecular formula is C16H23NO4. The Bertz CT molecular complexity index is 489. The lowest BCUT2D eigenvalue weighted by Gasteiger charge is -2.32. The zero-order chi connectivity index (χ0) is 15.2. The minimum atomic E-state index is -0.201. The van der Waals surface area contributed by atoms with Crippen LogP contribution in [-0.2, 0) is 16.1 Å². The Hall–Kier alpha value is -1.75. The SMILES string of the molecule is COc1ccc(CN2CCCC(OC(C)=O)C2)cc1OC. The van der Waals surface area contributed by atoms with Gasteiger partial charge in [0.25, 0.3) is 0 Å². The summed E-state index contributed by atoms with van der Waals surface area (Å²) < 4.78 is 15.9. The number of carbonyl (C=O) groups is 1. The minimum Gasteiger partial charge on any atom is -0.493 e. The van der Waals surface area contributed by atoms with E-state index in [0.717, 1.165) is 49.5 Å². The van der Waals surface area contributed by atoms with Crippen molar-refractivity contribution in [2.75, 3.05) is 27.3 Å². The number of piperidine rings is 1. The van der Waals surface area contributed by atoms with Crippen LogP contribution in [0.25, 0.3) is 0 Å². The van der Waals surface area contributed by atoms with Crippen molar-refractivity contribution < 1.29 is 19.0 Å². The van der Waals surface area contributed by atoms with Gasteiger partial charge in [0.1, 0.15) is 6.10 Å². The van der Waals surface area contributed by atoms with Gasteiger partial charge in [0, 0.05) is 20.0 Å². The second-order valence-electron chi connectivity index (χ2n) is 5.30. The van der Waals surface area contributed by atoms with Gasteiger partial charge in [-0.25, -0.2) is 0 Å². The van der Waals surface area contributed by atoms with Crippen LogP contribution < -0.4 is 9.47 Å². The van der Waals surface area contributed by atoms with Gasteiger partial charge < -0.3 is 14.2 Å². The van der Waals surface area contributed by atoms with E-state index in [0.29, 0.717) is 0 Å². The van der Waals surface area contributed by atoms with Crippen LogP contribution >= 0.6 is 0 Å². The van der Waals surface area contributed by atoms with Crippen LogP contribution in [0.15, 0.2) is 18.2 Å². The van der Waals surface area contributed by atoms with Crippen LogP contribution in [0.3, 0.4) is 0 Å². The molecule has 0 N–H and O–H groups in total. The lowest BCUT2D eigenvalue weighted by Crippen LogP contribution is -2.39. The molecule has 5 nitrogen and oxygen atoms in total. The van der Waals surface area contributed by atoms with Gasteiger partial charge in [0.05, 0.1) is 14.2 Å². The Morgan fingerprint density at radius 3 is 2.71 bits per heavy atom. The second-order valence-corrected chi connectivity index (χ2v) is 5.30. The highest BCUT2D eigenvalue weighted by atomic mass is 16.5. The molecule has 1 aromatic rings. The first-order valence-corrected chi connectivity index (χ1v) is 7.23. The molecule has 5 heteroatoms. The van der Waals surface area contributed by atoms with E-state index in [-0.39, 0.29) is 12.1 Å². The number of carbonyl (C=O) groups excluding carboxylic acids is 1. The van der Waals surface area contributed by atoms with Crippen LogP contribution in [0.5, 0.6) is 11.5 Å². The average molecular weight is 293 g/mol. The highest BCUT2D eigenvalue weighted by Crippen LogP contribution is 2.28. The molecule has 1 saturated heterocycles. The van der Waals surface area contributed by atoms with Gasteiger partial charge in [0.2, 0.25) is 0 Å². The molecular weight excluding hydrogens is 270 g/mol. The van der Waals surface area contributed by atoms with E-state index in [1.54, 1.807) is 14.2 Å². The molecule has 1 aromatic carbocycles. The number of nitrogens with zero attached hydrogens (tertiary/aromatic N) is 1. The molecule has 1 aliphatic rings. The van der Waals surface area contributed by atoms with E-state index in [2.05, 4.69) is 4.90 Å². The number of likely N-dealkylation sites (tertiary alicyclic amines) is 1. The van der Waals surface area contributed by atoms with Crippen molar-refractivity contribution in [1.82, 2.24) is 4.90 Å². The fraction of sp³-hybridized carbons (Fsp3) is 0.562. The first-order chi connectivity index (χ1) is 10.1. The lowest BCUT2D eigenvalue weighted by molar-refractivity contribution is -0.148. The average Bonchev–Trinajstić information content (AvgIpc) is 2.46. The molecule has 1 atom stereocenters. The van der Waals surface area contributed by atoms with Crippen molar-refractivity contribution in [3.8, 4) is 11.5 Å². The lowest BCUT2D eigenvalue weighted by atomic mass is 10.1. The Morgan fingerprint density at radius 1 is 1.29 bits per heavy atom. The van der Waals surface area contributed by atoms with Gasteiger partial charge in [-0.3, -0.25) is 9.69 Å². The van der Waals surface area contributed by atoms with Gasteiger partial charge in [-0.05, 0) is 37.1 Å². The number of hydrogen-bond donors (Lipinski definition) is 0. The molecule has 1 aliphatic heterocycles. The van der Waals surface area contributed by atoms with Crippen LogP contribution in [-0.4, -0.2) is 44.3 Å². The standard InChI is InChI=1S/C16H23NO4/c1-12(18)21-14-5-4-8-17(11-14)10-13-6-7-15(19-2)16(9-13)20-3/h6-7,9,14H,4-5,8,10-11H2,1-3H3. The number of esters is 1. The summed E-state index contributed by atoms with van der Waals surface area (Å²) in [5.74, 6) is 1.27.